The van der Waals surface area contributed by atoms with Gasteiger partial charge in [-0.05, 0) is 76.9 Å². The third-order valence-electron chi connectivity index (χ3n) is 4.22. The number of nitrogen functional groups attached to an aromatic ring is 1. The van der Waals surface area contributed by atoms with Crippen molar-refractivity contribution in [1.29, 1.82) is 0 Å². The number of piperidine rings is 1. The van der Waals surface area contributed by atoms with Crippen LogP contribution in [0, 0.1) is 0 Å². The van der Waals surface area contributed by atoms with Gasteiger partial charge in [-0.1, -0.05) is 13.0 Å². The van der Waals surface area contributed by atoms with Crippen LogP contribution in [0.5, 0.6) is 0 Å². The van der Waals surface area contributed by atoms with Crippen LogP contribution in [0.1, 0.15) is 52.0 Å². The number of benzene rings is 1. The van der Waals surface area contributed by atoms with Crippen LogP contribution < -0.4 is 11.1 Å². The van der Waals surface area contributed by atoms with Gasteiger partial charge in [-0.2, -0.15) is 0 Å². The minimum absolute atomic E-state index is 0.470. The van der Waals surface area contributed by atoms with Crippen molar-refractivity contribution in [2.75, 3.05) is 30.7 Å². The molecule has 0 aromatic heterocycles. The van der Waals surface area contributed by atoms with Gasteiger partial charge in [0.25, 0.3) is 0 Å². The third kappa shape index (κ3) is 5.13. The molecule has 0 aliphatic carbocycles. The number of anilines is 2. The quantitative estimate of drug-likeness (QED) is 0.831. The van der Waals surface area contributed by atoms with Gasteiger partial charge in [0.05, 0.1) is 11.4 Å². The molecule has 1 fully saturated rings. The first-order valence-corrected chi connectivity index (χ1v) is 8.40. The fourth-order valence-corrected chi connectivity index (χ4v) is 2.93. The lowest BCUT2D eigenvalue weighted by molar-refractivity contribution is 0.0636. The van der Waals surface area contributed by atoms with E-state index in [1.165, 1.54) is 5.56 Å². The molecule has 0 atom stereocenters. The number of nitrogens with two attached hydrogens (primary N) is 1. The number of likely N-dealkylation sites (tertiary alicyclic amines) is 1. The lowest BCUT2D eigenvalue weighted by Crippen LogP contribution is -2.32. The smallest absolute Gasteiger partial charge is 0.412 e. The Balaban J connectivity index is 2.06. The van der Waals surface area contributed by atoms with Crippen molar-refractivity contribution >= 4 is 17.5 Å². The SMILES string of the molecule is CCN1CCC(c2ccc(N)c(NC(=O)OC(C)(C)C)c2)CC1. The van der Waals surface area contributed by atoms with Crippen molar-refractivity contribution in [2.45, 2.75) is 52.1 Å². The number of carbonyl (C=O) groups excluding carboxylic acids is 1. The molecule has 1 heterocycles. The predicted molar refractivity (Wildman–Crippen MR) is 94.8 cm³/mol. The summed E-state index contributed by atoms with van der Waals surface area (Å²) in [7, 11) is 0. The van der Waals surface area contributed by atoms with Gasteiger partial charge in [-0.15, -0.1) is 0 Å². The second-order valence-electron chi connectivity index (χ2n) is 7.18. The molecular formula is C18H29N3O2. The molecule has 1 aromatic rings. The van der Waals surface area contributed by atoms with Gasteiger partial charge in [0.1, 0.15) is 5.60 Å². The third-order valence-corrected chi connectivity index (χ3v) is 4.22. The lowest BCUT2D eigenvalue weighted by atomic mass is 9.89. The molecule has 1 saturated heterocycles. The number of hydrogen-bond acceptors (Lipinski definition) is 4. The fraction of sp³-hybridized carbons (Fsp3) is 0.611. The molecule has 0 bridgehead atoms. The fourth-order valence-electron chi connectivity index (χ4n) is 2.93. The van der Waals surface area contributed by atoms with E-state index in [-0.39, 0.29) is 0 Å². The zero-order valence-corrected chi connectivity index (χ0v) is 14.7. The molecule has 1 aliphatic rings. The summed E-state index contributed by atoms with van der Waals surface area (Å²) in [4.78, 5) is 14.4. The number of nitrogens with one attached hydrogen (secondary N) is 1. The molecule has 0 spiro atoms. The monoisotopic (exact) mass is 319 g/mol. The molecule has 3 N–H and O–H groups in total. The first kappa shape index (κ1) is 17.6. The van der Waals surface area contributed by atoms with Crippen molar-refractivity contribution in [3.8, 4) is 0 Å². The average molecular weight is 319 g/mol. The van der Waals surface area contributed by atoms with E-state index in [1.807, 2.05) is 32.9 Å². The molecular weight excluding hydrogens is 290 g/mol. The number of rotatable bonds is 3. The highest BCUT2D eigenvalue weighted by molar-refractivity contribution is 5.89. The van der Waals surface area contributed by atoms with Gasteiger partial charge in [-0.25, -0.2) is 4.79 Å². The van der Waals surface area contributed by atoms with E-state index in [9.17, 15) is 4.79 Å². The second kappa shape index (κ2) is 7.21. The summed E-state index contributed by atoms with van der Waals surface area (Å²) in [6, 6.07) is 5.93. The van der Waals surface area contributed by atoms with Crippen LogP contribution in [-0.4, -0.2) is 36.2 Å². The molecule has 1 aromatic carbocycles. The Hall–Kier alpha value is -1.75. The first-order chi connectivity index (χ1) is 10.8. The predicted octanol–water partition coefficient (Wildman–Crippen LogP) is 3.82. The highest BCUT2D eigenvalue weighted by atomic mass is 16.6. The standard InChI is InChI=1S/C18H29N3O2/c1-5-21-10-8-13(9-11-21)14-6-7-15(19)16(12-14)20-17(22)23-18(2,3)4/h6-7,12-13H,5,8-11,19H2,1-4H3,(H,20,22). The van der Waals surface area contributed by atoms with Crippen molar-refractivity contribution in [1.82, 2.24) is 4.90 Å². The van der Waals surface area contributed by atoms with E-state index in [0.717, 1.165) is 32.5 Å². The van der Waals surface area contributed by atoms with Gasteiger partial charge < -0.3 is 15.4 Å². The van der Waals surface area contributed by atoms with Crippen LogP contribution >= 0.6 is 0 Å². The van der Waals surface area contributed by atoms with Crippen molar-refractivity contribution < 1.29 is 9.53 Å². The Bertz CT molecular complexity index is 544. The molecule has 5 nitrogen and oxygen atoms in total. The molecule has 23 heavy (non-hydrogen) atoms. The van der Waals surface area contributed by atoms with Crippen LogP contribution in [-0.2, 0) is 4.74 Å². The molecule has 0 radical (unpaired) electrons. The Morgan fingerprint density at radius 1 is 1.35 bits per heavy atom. The van der Waals surface area contributed by atoms with E-state index in [4.69, 9.17) is 10.5 Å². The van der Waals surface area contributed by atoms with Crippen molar-refractivity contribution in [2.24, 2.45) is 0 Å². The molecule has 2 rings (SSSR count). The maximum absolute atomic E-state index is 12.0. The van der Waals surface area contributed by atoms with Crippen molar-refractivity contribution in [3.63, 3.8) is 0 Å². The minimum atomic E-state index is -0.524. The summed E-state index contributed by atoms with van der Waals surface area (Å²) in [5.74, 6) is 0.526. The van der Waals surface area contributed by atoms with Gasteiger partial charge in [-0.3, -0.25) is 5.32 Å². The van der Waals surface area contributed by atoms with E-state index in [2.05, 4.69) is 23.2 Å². The number of ether oxygens (including phenoxy) is 1. The van der Waals surface area contributed by atoms with Gasteiger partial charge in [0.15, 0.2) is 0 Å². The van der Waals surface area contributed by atoms with Gasteiger partial charge >= 0.3 is 6.09 Å². The van der Waals surface area contributed by atoms with Gasteiger partial charge in [0.2, 0.25) is 0 Å². The number of nitrogens with zero attached hydrogens (tertiary/aromatic N) is 1. The second-order valence-corrected chi connectivity index (χ2v) is 7.18. The number of carbonyl (C=O) groups is 1. The maximum Gasteiger partial charge on any atom is 0.412 e. The summed E-state index contributed by atoms with van der Waals surface area (Å²) in [5.41, 5.74) is 7.90. The number of hydrogen-bond donors (Lipinski definition) is 2. The van der Waals surface area contributed by atoms with E-state index in [1.54, 1.807) is 0 Å². The molecule has 0 saturated carbocycles. The Labute approximate surface area is 139 Å². The molecule has 1 amide bonds. The summed E-state index contributed by atoms with van der Waals surface area (Å²) in [6.07, 6.45) is 1.81. The molecule has 0 unspecified atom stereocenters. The first-order valence-electron chi connectivity index (χ1n) is 8.40. The zero-order chi connectivity index (χ0) is 17.0. The van der Waals surface area contributed by atoms with Gasteiger partial charge in [0, 0.05) is 0 Å². The summed E-state index contributed by atoms with van der Waals surface area (Å²) < 4.78 is 5.30. The summed E-state index contributed by atoms with van der Waals surface area (Å²) in [5, 5.41) is 2.77. The molecule has 128 valence electrons. The molecule has 1 aliphatic heterocycles. The van der Waals surface area contributed by atoms with E-state index >= 15 is 0 Å². The largest absolute Gasteiger partial charge is 0.444 e. The van der Waals surface area contributed by atoms with Crippen LogP contribution in [0.25, 0.3) is 0 Å². The lowest BCUT2D eigenvalue weighted by Gasteiger charge is -2.31. The minimum Gasteiger partial charge on any atom is -0.444 e. The number of amides is 1. The Kier molecular flexibility index (Phi) is 5.52. The van der Waals surface area contributed by atoms with Crippen LogP contribution in [0.3, 0.4) is 0 Å². The maximum atomic E-state index is 12.0. The zero-order valence-electron chi connectivity index (χ0n) is 14.7. The van der Waals surface area contributed by atoms with E-state index < -0.39 is 11.7 Å². The average Bonchev–Trinajstić information content (AvgIpc) is 2.48. The Morgan fingerprint density at radius 3 is 2.57 bits per heavy atom. The topological polar surface area (TPSA) is 67.6 Å². The van der Waals surface area contributed by atoms with Crippen LogP contribution in [0.15, 0.2) is 18.2 Å². The highest BCUT2D eigenvalue weighted by Crippen LogP contribution is 2.31. The molecule has 5 heteroatoms. The summed E-state index contributed by atoms with van der Waals surface area (Å²) >= 11 is 0. The normalized spacial score (nSPS) is 17.0. The highest BCUT2D eigenvalue weighted by Gasteiger charge is 2.21. The van der Waals surface area contributed by atoms with Crippen LogP contribution in [0.4, 0.5) is 16.2 Å². The van der Waals surface area contributed by atoms with E-state index in [0.29, 0.717) is 17.3 Å². The summed E-state index contributed by atoms with van der Waals surface area (Å²) in [6.45, 7) is 11.1. The van der Waals surface area contributed by atoms with Crippen LogP contribution in [0.2, 0.25) is 0 Å². The van der Waals surface area contributed by atoms with Crippen molar-refractivity contribution in [3.05, 3.63) is 23.8 Å². The Morgan fingerprint density at radius 2 is 2.00 bits per heavy atom.